The molecule has 0 unspecified atom stereocenters. The number of aromatic nitrogens is 6. The maximum absolute atomic E-state index is 13.5. The number of pyridine rings is 3. The van der Waals surface area contributed by atoms with Crippen LogP contribution >= 0.6 is 0 Å². The Kier molecular flexibility index (Phi) is 8.87. The summed E-state index contributed by atoms with van der Waals surface area (Å²) in [5.41, 5.74) is 0.779. The predicted octanol–water partition coefficient (Wildman–Crippen LogP) is 4.28. The van der Waals surface area contributed by atoms with E-state index < -0.39 is 32.0 Å². The van der Waals surface area contributed by atoms with Crippen LogP contribution < -0.4 is 10.3 Å². The Balaban J connectivity index is 0.000000237. The van der Waals surface area contributed by atoms with Crippen LogP contribution in [-0.4, -0.2) is 33.1 Å². The van der Waals surface area contributed by atoms with Gasteiger partial charge in [0.2, 0.25) is 0 Å². The zero-order valence-electron chi connectivity index (χ0n) is 18.0. The van der Waals surface area contributed by atoms with Crippen molar-refractivity contribution in [3.63, 3.8) is 0 Å². The minimum Gasteiger partial charge on any atom is -0.413 e. The monoisotopic (exact) mass is 669 g/mol. The van der Waals surface area contributed by atoms with Crippen molar-refractivity contribution in [1.82, 2.24) is 30.1 Å². The van der Waals surface area contributed by atoms with E-state index in [1.165, 1.54) is 17.4 Å². The second-order valence-electron chi connectivity index (χ2n) is 7.74. The molecule has 1 radical (unpaired) electrons. The van der Waals surface area contributed by atoms with Crippen molar-refractivity contribution in [3.05, 3.63) is 72.6 Å². The van der Waals surface area contributed by atoms with Crippen molar-refractivity contribution in [1.29, 1.82) is 0 Å². The smallest absolute Gasteiger partial charge is 0.413 e. The Labute approximate surface area is 206 Å². The van der Waals surface area contributed by atoms with Crippen LogP contribution in [0.5, 0.6) is 0 Å². The van der Waals surface area contributed by atoms with Crippen LogP contribution in [-0.2, 0) is 26.3 Å². The molecule has 0 bridgehead atoms. The van der Waals surface area contributed by atoms with E-state index in [0.29, 0.717) is 5.69 Å². The topological polar surface area (TPSA) is 78.5 Å². The third kappa shape index (κ3) is 7.05. The summed E-state index contributed by atoms with van der Waals surface area (Å²) in [6.45, 7) is 6.61. The molecule has 0 aromatic carbocycles. The van der Waals surface area contributed by atoms with E-state index in [1.807, 2.05) is 6.07 Å². The number of rotatable bonds is 3. The average Bonchev–Trinajstić information content (AvgIpc) is 3.25. The van der Waals surface area contributed by atoms with E-state index in [1.54, 1.807) is 24.4 Å². The van der Waals surface area contributed by atoms with Gasteiger partial charge in [0.15, 0.2) is 0 Å². The van der Waals surface area contributed by atoms with Gasteiger partial charge in [-0.05, 0) is 28.8 Å². The summed E-state index contributed by atoms with van der Waals surface area (Å²) in [4.78, 5) is 14.4. The number of nitrogens with zero attached hydrogens (tertiary/aromatic N) is 6. The number of hydrogen-bond donors (Lipinski definition) is 0. The van der Waals surface area contributed by atoms with Crippen LogP contribution in [0.15, 0.2) is 48.8 Å². The summed E-state index contributed by atoms with van der Waals surface area (Å²) in [7, 11) is -1.42. The van der Waals surface area contributed by atoms with Crippen molar-refractivity contribution >= 4 is 13.3 Å². The van der Waals surface area contributed by atoms with Gasteiger partial charge in [0.25, 0.3) is 0 Å². The van der Waals surface area contributed by atoms with Crippen molar-refractivity contribution < 1.29 is 42.1 Å². The van der Waals surface area contributed by atoms with Gasteiger partial charge in [-0.25, -0.2) is 8.78 Å². The largest absolute Gasteiger partial charge is 0.429 e. The van der Waals surface area contributed by atoms with Crippen LogP contribution in [0, 0.1) is 18.0 Å². The van der Waals surface area contributed by atoms with Gasteiger partial charge in [-0.3, -0.25) is 15.1 Å². The van der Waals surface area contributed by atoms with Crippen LogP contribution in [0.25, 0.3) is 22.8 Å². The average molecular weight is 669 g/mol. The van der Waals surface area contributed by atoms with E-state index in [4.69, 9.17) is 0 Å². The van der Waals surface area contributed by atoms with Crippen LogP contribution in [0.3, 0.4) is 0 Å². The molecule has 0 atom stereocenters. The molecule has 4 aromatic heterocycles. The van der Waals surface area contributed by atoms with Gasteiger partial charge in [0.1, 0.15) is 17.7 Å². The molecule has 0 spiro atoms. The normalized spacial score (nSPS) is 11.3. The van der Waals surface area contributed by atoms with Gasteiger partial charge in [-0.2, -0.15) is 13.2 Å². The molecule has 4 rings (SSSR count). The zero-order chi connectivity index (χ0) is 24.2. The fourth-order valence-corrected chi connectivity index (χ4v) is 3.54. The van der Waals surface area contributed by atoms with Crippen LogP contribution in [0.4, 0.5) is 22.0 Å². The van der Waals surface area contributed by atoms with Crippen LogP contribution in [0.1, 0.15) is 5.82 Å². The molecule has 0 fully saturated rings. The Bertz CT molecular complexity index is 1210. The minimum absolute atomic E-state index is 0. The van der Waals surface area contributed by atoms with Gasteiger partial charge in [0.05, 0.1) is 13.8 Å². The summed E-state index contributed by atoms with van der Waals surface area (Å²) < 4.78 is 62.5. The molecular weight excluding hydrogens is 652 g/mol. The first-order valence-electron chi connectivity index (χ1n) is 9.52. The molecule has 0 aliphatic rings. The van der Waals surface area contributed by atoms with Gasteiger partial charge in [-0.15, -0.1) is 6.07 Å². The number of alkyl halides is 3. The van der Waals surface area contributed by atoms with E-state index >= 15 is 0 Å². The first-order valence-corrected chi connectivity index (χ1v) is 13.0. The molecule has 0 N–H and O–H groups in total. The molecule has 0 aliphatic heterocycles. The Morgan fingerprint density at radius 1 is 0.941 bits per heavy atom. The van der Waals surface area contributed by atoms with Crippen molar-refractivity contribution in [3.8, 4) is 22.8 Å². The maximum atomic E-state index is 13.5. The van der Waals surface area contributed by atoms with Crippen molar-refractivity contribution in [2.24, 2.45) is 0 Å². The third-order valence-corrected chi connectivity index (χ3v) is 6.26. The summed E-state index contributed by atoms with van der Waals surface area (Å²) in [6.07, 6.45) is -1.38. The zero-order valence-corrected chi connectivity index (χ0v) is 21.4. The Morgan fingerprint density at radius 3 is 2.18 bits per heavy atom. The standard InChI is InChI=1S/C13H13F2N2Si.C8H4F3N4.Ir/c1-18(2,3)9-4-6-11(16-8-9)10-5-7-12(14)17-13(10)15;9-8(10,11)7-13-6(14-15-7)5-3-1-2-4-12-5;/h4,6-8H,1-3H3;1-4H;/q2*-1;. The maximum Gasteiger partial charge on any atom is 0.429 e. The Hall–Kier alpha value is -2.89. The summed E-state index contributed by atoms with van der Waals surface area (Å²) in [6, 6.07) is 12.0. The van der Waals surface area contributed by atoms with E-state index in [2.05, 4.69) is 55.8 Å². The first-order chi connectivity index (χ1) is 15.4. The number of halogens is 5. The third-order valence-electron chi connectivity index (χ3n) is 4.23. The van der Waals surface area contributed by atoms with Crippen LogP contribution in [0.2, 0.25) is 19.6 Å². The molecule has 13 heteroatoms. The van der Waals surface area contributed by atoms with Gasteiger partial charge < -0.3 is 15.1 Å². The van der Waals surface area contributed by atoms with E-state index in [9.17, 15) is 22.0 Å². The molecule has 181 valence electrons. The van der Waals surface area contributed by atoms with Gasteiger partial charge in [-0.1, -0.05) is 49.5 Å². The first kappa shape index (κ1) is 27.4. The molecule has 34 heavy (non-hydrogen) atoms. The predicted molar refractivity (Wildman–Crippen MR) is 113 cm³/mol. The summed E-state index contributed by atoms with van der Waals surface area (Å²) in [5.74, 6) is -3.13. The van der Waals surface area contributed by atoms with Gasteiger partial charge >= 0.3 is 6.18 Å². The molecular formula is C21H17F5IrN6Si-2. The molecule has 6 nitrogen and oxygen atoms in total. The second-order valence-corrected chi connectivity index (χ2v) is 12.8. The quantitative estimate of drug-likeness (QED) is 0.141. The molecule has 4 aromatic rings. The summed E-state index contributed by atoms with van der Waals surface area (Å²) in [5, 5.41) is 7.43. The number of hydrogen-bond acceptors (Lipinski definition) is 5. The van der Waals surface area contributed by atoms with E-state index in [-0.39, 0.29) is 37.2 Å². The molecule has 4 heterocycles. The fraction of sp³-hybridized carbons (Fsp3) is 0.190. The summed E-state index contributed by atoms with van der Waals surface area (Å²) >= 11 is 0. The molecule has 0 saturated carbocycles. The van der Waals surface area contributed by atoms with Crippen molar-refractivity contribution in [2.75, 3.05) is 0 Å². The molecule has 0 amide bonds. The SMILES string of the molecule is C[Si](C)(C)c1ccc(-c2[c-]cc(F)nc2F)nc1.FC(F)(F)c1n[n-]c(-c2ccccn2)n1.[Ir]. The fourth-order valence-electron chi connectivity index (χ4n) is 2.50. The minimum atomic E-state index is -4.57. The Morgan fingerprint density at radius 2 is 1.68 bits per heavy atom. The van der Waals surface area contributed by atoms with Crippen molar-refractivity contribution in [2.45, 2.75) is 25.8 Å². The second kappa shape index (κ2) is 11.0. The van der Waals surface area contributed by atoms with Gasteiger partial charge in [0, 0.05) is 32.5 Å². The molecule has 0 aliphatic carbocycles. The van der Waals surface area contributed by atoms with E-state index in [0.717, 1.165) is 6.07 Å². The molecule has 0 saturated heterocycles.